The zero-order valence-corrected chi connectivity index (χ0v) is 50.5. The number of carbonyl (C=O) groups is 2. The lowest BCUT2D eigenvalue weighted by Gasteiger charge is -2.20. The molecule has 0 fully saturated rings. The first-order valence-electron chi connectivity index (χ1n) is 33.8. The second-order valence-corrected chi connectivity index (χ2v) is 23.1. The third-order valence-corrected chi connectivity index (χ3v) is 15.6. The number of allylic oxidation sites excluding steroid dienone is 5. The zero-order chi connectivity index (χ0) is 54.3. The molecule has 3 N–H and O–H groups in total. The summed E-state index contributed by atoms with van der Waals surface area (Å²) in [5.41, 5.74) is 0. The van der Waals surface area contributed by atoms with E-state index in [1.807, 2.05) is 6.08 Å². The van der Waals surface area contributed by atoms with Gasteiger partial charge in [0.05, 0.1) is 25.4 Å². The van der Waals surface area contributed by atoms with Crippen LogP contribution in [-0.2, 0) is 14.3 Å². The van der Waals surface area contributed by atoms with Gasteiger partial charge in [0, 0.05) is 12.8 Å². The molecule has 0 radical (unpaired) electrons. The molecule has 0 heterocycles. The van der Waals surface area contributed by atoms with Crippen LogP contribution in [0.3, 0.4) is 0 Å². The molecule has 442 valence electrons. The van der Waals surface area contributed by atoms with Crippen molar-refractivity contribution in [2.75, 3.05) is 13.2 Å². The predicted octanol–water partition coefficient (Wildman–Crippen LogP) is 21.5. The molecule has 6 nitrogen and oxygen atoms in total. The molecule has 0 aromatic rings. The van der Waals surface area contributed by atoms with Gasteiger partial charge >= 0.3 is 5.97 Å². The van der Waals surface area contributed by atoms with E-state index in [9.17, 15) is 19.8 Å². The van der Waals surface area contributed by atoms with Crippen molar-refractivity contribution in [2.45, 2.75) is 379 Å². The van der Waals surface area contributed by atoms with Crippen molar-refractivity contribution in [3.8, 4) is 0 Å². The average molecular weight is 1050 g/mol. The summed E-state index contributed by atoms with van der Waals surface area (Å²) in [5, 5.41) is 23.0. The van der Waals surface area contributed by atoms with Gasteiger partial charge in [-0.2, -0.15) is 0 Å². The minimum absolute atomic E-state index is 0.0147. The third-order valence-electron chi connectivity index (χ3n) is 15.6. The fraction of sp³-hybridized carbons (Fsp3) is 0.884. The third kappa shape index (κ3) is 61.2. The minimum Gasteiger partial charge on any atom is -0.466 e. The highest BCUT2D eigenvalue weighted by molar-refractivity contribution is 5.76. The monoisotopic (exact) mass is 1050 g/mol. The van der Waals surface area contributed by atoms with E-state index in [4.69, 9.17) is 4.74 Å². The van der Waals surface area contributed by atoms with E-state index in [1.54, 1.807) is 6.08 Å². The number of aliphatic hydroxyl groups is 2. The van der Waals surface area contributed by atoms with Gasteiger partial charge in [-0.05, 0) is 83.5 Å². The molecule has 0 aromatic carbocycles. The molecule has 0 aromatic heterocycles. The van der Waals surface area contributed by atoms with Crippen LogP contribution in [0.15, 0.2) is 36.5 Å². The smallest absolute Gasteiger partial charge is 0.305 e. The van der Waals surface area contributed by atoms with Crippen molar-refractivity contribution in [3.63, 3.8) is 0 Å². The largest absolute Gasteiger partial charge is 0.466 e. The van der Waals surface area contributed by atoms with Crippen molar-refractivity contribution < 1.29 is 24.5 Å². The van der Waals surface area contributed by atoms with Gasteiger partial charge in [-0.25, -0.2) is 0 Å². The van der Waals surface area contributed by atoms with Crippen molar-refractivity contribution in [3.05, 3.63) is 36.5 Å². The van der Waals surface area contributed by atoms with Crippen LogP contribution in [0, 0.1) is 0 Å². The molecule has 1 amide bonds. The van der Waals surface area contributed by atoms with Crippen LogP contribution in [0.5, 0.6) is 0 Å². The highest BCUT2D eigenvalue weighted by Gasteiger charge is 2.18. The Labute approximate surface area is 468 Å². The number of amides is 1. The first-order valence-corrected chi connectivity index (χ1v) is 33.8. The van der Waals surface area contributed by atoms with E-state index >= 15 is 0 Å². The van der Waals surface area contributed by atoms with Gasteiger partial charge < -0.3 is 20.3 Å². The molecule has 0 rings (SSSR count). The van der Waals surface area contributed by atoms with Gasteiger partial charge in [0.2, 0.25) is 5.91 Å². The first kappa shape index (κ1) is 73.1. The molecule has 0 bridgehead atoms. The maximum Gasteiger partial charge on any atom is 0.305 e. The molecular weight excluding hydrogens is 923 g/mol. The van der Waals surface area contributed by atoms with Crippen molar-refractivity contribution in [1.82, 2.24) is 5.32 Å². The van der Waals surface area contributed by atoms with Gasteiger partial charge in [-0.1, -0.05) is 307 Å². The molecule has 6 heteroatoms. The maximum absolute atomic E-state index is 12.4. The number of ether oxygens (including phenoxy) is 1. The number of hydrogen-bond acceptors (Lipinski definition) is 5. The summed E-state index contributed by atoms with van der Waals surface area (Å²) in [6.07, 6.45) is 82.3. The van der Waals surface area contributed by atoms with Gasteiger partial charge in [-0.15, -0.1) is 0 Å². The SMILES string of the molecule is CCCCCCCC/C=C\CCCCCCCCCC(=O)OCCCCCCCCCCCCCC/C=C\CCCCCCCCCCCCCCCCCCC(=O)NC(CO)C(O)/C=C/CCCCCCCCC. The van der Waals surface area contributed by atoms with Gasteiger partial charge in [0.1, 0.15) is 0 Å². The van der Waals surface area contributed by atoms with Crippen LogP contribution in [0.1, 0.15) is 367 Å². The van der Waals surface area contributed by atoms with Crippen molar-refractivity contribution in [2.24, 2.45) is 0 Å². The highest BCUT2D eigenvalue weighted by atomic mass is 16.5. The van der Waals surface area contributed by atoms with Crippen LogP contribution >= 0.6 is 0 Å². The minimum atomic E-state index is -0.840. The number of rotatable bonds is 63. The Morgan fingerprint density at radius 2 is 0.627 bits per heavy atom. The van der Waals surface area contributed by atoms with E-state index in [-0.39, 0.29) is 18.5 Å². The quantitative estimate of drug-likeness (QED) is 0.0320. The summed E-state index contributed by atoms with van der Waals surface area (Å²) in [4.78, 5) is 24.5. The summed E-state index contributed by atoms with van der Waals surface area (Å²) < 4.78 is 5.50. The molecule has 2 unspecified atom stereocenters. The van der Waals surface area contributed by atoms with Gasteiger partial charge in [0.25, 0.3) is 0 Å². The Balaban J connectivity index is 3.33. The molecule has 0 saturated heterocycles. The second kappa shape index (κ2) is 64.6. The normalized spacial score (nSPS) is 12.7. The van der Waals surface area contributed by atoms with Gasteiger partial charge in [-0.3, -0.25) is 9.59 Å². The van der Waals surface area contributed by atoms with Crippen LogP contribution in [0.25, 0.3) is 0 Å². The summed E-state index contributed by atoms with van der Waals surface area (Å²) >= 11 is 0. The van der Waals surface area contributed by atoms with E-state index in [2.05, 4.69) is 43.5 Å². The Hall–Kier alpha value is -1.92. The highest BCUT2D eigenvalue weighted by Crippen LogP contribution is 2.18. The van der Waals surface area contributed by atoms with Crippen molar-refractivity contribution in [1.29, 1.82) is 0 Å². The Kier molecular flexibility index (Phi) is 63.0. The number of unbranched alkanes of at least 4 members (excludes halogenated alkanes) is 48. The second-order valence-electron chi connectivity index (χ2n) is 23.1. The summed E-state index contributed by atoms with van der Waals surface area (Å²) in [7, 11) is 0. The van der Waals surface area contributed by atoms with Crippen LogP contribution in [-0.4, -0.2) is 47.4 Å². The van der Waals surface area contributed by atoms with Crippen LogP contribution < -0.4 is 5.32 Å². The molecule has 2 atom stereocenters. The van der Waals surface area contributed by atoms with Crippen LogP contribution in [0.4, 0.5) is 0 Å². The molecular formula is C69H131NO5. The Morgan fingerprint density at radius 3 is 0.947 bits per heavy atom. The molecule has 0 aliphatic heterocycles. The van der Waals surface area contributed by atoms with Crippen molar-refractivity contribution >= 4 is 11.9 Å². The zero-order valence-electron chi connectivity index (χ0n) is 50.5. The van der Waals surface area contributed by atoms with Gasteiger partial charge in [0.15, 0.2) is 0 Å². The lowest BCUT2D eigenvalue weighted by molar-refractivity contribution is -0.143. The van der Waals surface area contributed by atoms with E-state index < -0.39 is 12.1 Å². The summed E-state index contributed by atoms with van der Waals surface area (Å²) in [6.45, 7) is 4.89. The molecule has 0 aliphatic rings. The lowest BCUT2D eigenvalue weighted by atomic mass is 10.0. The molecule has 0 aliphatic carbocycles. The lowest BCUT2D eigenvalue weighted by Crippen LogP contribution is -2.45. The topological polar surface area (TPSA) is 95.9 Å². The average Bonchev–Trinajstić information content (AvgIpc) is 3.41. The number of carbonyl (C=O) groups excluding carboxylic acids is 2. The molecule has 0 saturated carbocycles. The number of esters is 1. The number of nitrogens with one attached hydrogen (secondary N) is 1. The number of aliphatic hydroxyl groups excluding tert-OH is 2. The van der Waals surface area contributed by atoms with Crippen LogP contribution in [0.2, 0.25) is 0 Å². The molecule has 0 spiro atoms. The molecule has 75 heavy (non-hydrogen) atoms. The Morgan fingerprint density at radius 1 is 0.360 bits per heavy atom. The standard InChI is InChI=1S/C69H131NO5/c1-3-5-7-9-11-13-14-15-16-33-37-40-43-47-51-55-59-63-69(74)75-64-60-56-52-48-44-41-38-35-32-30-28-26-24-22-20-18-17-19-21-23-25-27-29-31-34-36-39-42-46-50-54-58-62-68(73)70-66(65-71)67(72)61-57-53-49-45-12-10-8-6-4-2/h15-16,20,22,57,61,66-67,71-72H,3-14,17-19,21,23-56,58-60,62-65H2,1-2H3,(H,70,73)/b16-15-,22-20-,61-57+. The summed E-state index contributed by atoms with van der Waals surface area (Å²) in [6, 6.07) is -0.624. The maximum atomic E-state index is 12.4. The van der Waals surface area contributed by atoms with E-state index in [1.165, 1.54) is 295 Å². The summed E-state index contributed by atoms with van der Waals surface area (Å²) in [5.74, 6) is -0.0525. The van der Waals surface area contributed by atoms with E-state index in [0.717, 1.165) is 44.9 Å². The predicted molar refractivity (Wildman–Crippen MR) is 329 cm³/mol. The fourth-order valence-corrected chi connectivity index (χ4v) is 10.4. The van der Waals surface area contributed by atoms with E-state index in [0.29, 0.717) is 19.4 Å². The first-order chi connectivity index (χ1) is 37.0. The Bertz CT molecular complexity index is 1210. The number of hydrogen-bond donors (Lipinski definition) is 3. The fourth-order valence-electron chi connectivity index (χ4n) is 10.4.